The molecule has 2 aromatic heterocycles. The first kappa shape index (κ1) is 13.2. The lowest BCUT2D eigenvalue weighted by Gasteiger charge is -2.13. The van der Waals surface area contributed by atoms with Crippen molar-refractivity contribution in [3.63, 3.8) is 0 Å². The Kier molecular flexibility index (Phi) is 4.14. The molecule has 0 aromatic carbocycles. The molecule has 0 saturated heterocycles. The predicted octanol–water partition coefficient (Wildman–Crippen LogP) is 2.50. The molecule has 0 amide bonds. The van der Waals surface area contributed by atoms with Gasteiger partial charge in [-0.25, -0.2) is 9.97 Å². The summed E-state index contributed by atoms with van der Waals surface area (Å²) in [5.41, 5.74) is 1.28. The largest absolute Gasteiger partial charge is 0.349 e. The number of nitrogens with one attached hydrogen (secondary N) is 2. The average molecular weight is 264 g/mol. The second kappa shape index (κ2) is 5.63. The zero-order valence-electron chi connectivity index (χ0n) is 11.2. The summed E-state index contributed by atoms with van der Waals surface area (Å²) < 4.78 is 0. The molecule has 0 unspecified atom stereocenters. The van der Waals surface area contributed by atoms with Crippen LogP contribution >= 0.6 is 11.3 Å². The highest BCUT2D eigenvalue weighted by molar-refractivity contribution is 7.09. The van der Waals surface area contributed by atoms with Crippen molar-refractivity contribution in [1.29, 1.82) is 0 Å². The number of nitrogens with zero attached hydrogens (tertiary/aromatic N) is 2. The maximum absolute atomic E-state index is 4.65. The first-order valence-electron chi connectivity index (χ1n) is 6.19. The number of imidazole rings is 1. The Hall–Kier alpha value is -1.20. The van der Waals surface area contributed by atoms with Crippen LogP contribution in [0.3, 0.4) is 0 Å². The van der Waals surface area contributed by atoms with Crippen LogP contribution in [0.1, 0.15) is 37.3 Å². The first-order chi connectivity index (χ1) is 8.55. The average Bonchev–Trinajstić information content (AvgIpc) is 2.95. The van der Waals surface area contributed by atoms with Gasteiger partial charge in [0, 0.05) is 42.7 Å². The number of H-pyrrole nitrogens is 1. The molecule has 2 N–H and O–H groups in total. The fraction of sp³-hybridized carbons (Fsp3) is 0.538. The summed E-state index contributed by atoms with van der Waals surface area (Å²) in [5.74, 6) is 1.02. The molecule has 0 saturated carbocycles. The van der Waals surface area contributed by atoms with Crippen LogP contribution in [-0.2, 0) is 18.4 Å². The van der Waals surface area contributed by atoms with Gasteiger partial charge in [0.05, 0.1) is 10.7 Å². The van der Waals surface area contributed by atoms with Gasteiger partial charge in [0.2, 0.25) is 0 Å². The van der Waals surface area contributed by atoms with Gasteiger partial charge in [-0.05, 0) is 0 Å². The summed E-state index contributed by atoms with van der Waals surface area (Å²) >= 11 is 1.74. The molecule has 5 heteroatoms. The van der Waals surface area contributed by atoms with Crippen molar-refractivity contribution < 1.29 is 0 Å². The van der Waals surface area contributed by atoms with Crippen LogP contribution in [0.5, 0.6) is 0 Å². The topological polar surface area (TPSA) is 53.6 Å². The fourth-order valence-corrected chi connectivity index (χ4v) is 2.50. The molecular weight excluding hydrogens is 244 g/mol. The van der Waals surface area contributed by atoms with E-state index < -0.39 is 0 Å². The Morgan fingerprint density at radius 3 is 2.83 bits per heavy atom. The maximum Gasteiger partial charge on any atom is 0.107 e. The molecule has 18 heavy (non-hydrogen) atoms. The minimum Gasteiger partial charge on any atom is -0.349 e. The Balaban J connectivity index is 1.75. The van der Waals surface area contributed by atoms with Crippen LogP contribution in [0.4, 0.5) is 0 Å². The second-order valence-electron chi connectivity index (χ2n) is 5.36. The van der Waals surface area contributed by atoms with Gasteiger partial charge in [-0.15, -0.1) is 11.3 Å². The number of hydrogen-bond donors (Lipinski definition) is 2. The van der Waals surface area contributed by atoms with Crippen molar-refractivity contribution in [2.75, 3.05) is 6.54 Å². The quantitative estimate of drug-likeness (QED) is 0.816. The minimum absolute atomic E-state index is 0.150. The molecule has 0 radical (unpaired) electrons. The van der Waals surface area contributed by atoms with Gasteiger partial charge in [-0.3, -0.25) is 0 Å². The van der Waals surface area contributed by atoms with Gasteiger partial charge in [0.1, 0.15) is 5.82 Å². The molecule has 0 bridgehead atoms. The van der Waals surface area contributed by atoms with E-state index in [-0.39, 0.29) is 5.41 Å². The van der Waals surface area contributed by atoms with E-state index in [0.29, 0.717) is 0 Å². The molecule has 4 nitrogen and oxygen atoms in total. The van der Waals surface area contributed by atoms with Crippen molar-refractivity contribution in [2.45, 2.75) is 39.2 Å². The molecule has 0 atom stereocenters. The molecular formula is C13H20N4S. The van der Waals surface area contributed by atoms with E-state index >= 15 is 0 Å². The van der Waals surface area contributed by atoms with E-state index in [1.807, 2.05) is 6.20 Å². The number of aromatic nitrogens is 3. The van der Waals surface area contributed by atoms with Crippen LogP contribution < -0.4 is 5.32 Å². The van der Waals surface area contributed by atoms with Crippen LogP contribution in [0.15, 0.2) is 17.8 Å². The number of rotatable bonds is 5. The van der Waals surface area contributed by atoms with Crippen LogP contribution in [0, 0.1) is 0 Å². The van der Waals surface area contributed by atoms with Gasteiger partial charge >= 0.3 is 0 Å². The third kappa shape index (κ3) is 3.65. The molecule has 0 spiro atoms. The Bertz CT molecular complexity index is 467. The van der Waals surface area contributed by atoms with Crippen molar-refractivity contribution in [3.05, 3.63) is 34.3 Å². The summed E-state index contributed by atoms with van der Waals surface area (Å²) in [6.07, 6.45) is 4.56. The third-order valence-corrected chi connectivity index (χ3v) is 3.91. The zero-order valence-corrected chi connectivity index (χ0v) is 12.0. The summed E-state index contributed by atoms with van der Waals surface area (Å²) in [7, 11) is 0. The molecule has 98 valence electrons. The highest BCUT2D eigenvalue weighted by Gasteiger charge is 2.17. The molecule has 0 aliphatic rings. The van der Waals surface area contributed by atoms with E-state index in [4.69, 9.17) is 0 Å². The van der Waals surface area contributed by atoms with E-state index in [2.05, 4.69) is 46.4 Å². The van der Waals surface area contributed by atoms with Gasteiger partial charge in [0.15, 0.2) is 0 Å². The minimum atomic E-state index is 0.150. The van der Waals surface area contributed by atoms with E-state index in [9.17, 15) is 0 Å². The van der Waals surface area contributed by atoms with Crippen molar-refractivity contribution in [2.24, 2.45) is 0 Å². The summed E-state index contributed by atoms with van der Waals surface area (Å²) in [5, 5.41) is 6.73. The van der Waals surface area contributed by atoms with Gasteiger partial charge in [0.25, 0.3) is 0 Å². The van der Waals surface area contributed by atoms with E-state index in [1.165, 1.54) is 5.01 Å². The van der Waals surface area contributed by atoms with Gasteiger partial charge in [-0.2, -0.15) is 0 Å². The predicted molar refractivity (Wildman–Crippen MR) is 74.8 cm³/mol. The normalized spacial score (nSPS) is 11.9. The number of thiazole rings is 1. The van der Waals surface area contributed by atoms with Crippen LogP contribution in [-0.4, -0.2) is 21.5 Å². The highest BCUT2D eigenvalue weighted by Crippen LogP contribution is 2.25. The molecule has 2 rings (SSSR count). The lowest BCUT2D eigenvalue weighted by atomic mass is 9.98. The molecule has 0 fully saturated rings. The van der Waals surface area contributed by atoms with Crippen molar-refractivity contribution in [3.8, 4) is 0 Å². The number of aromatic amines is 1. The highest BCUT2D eigenvalue weighted by atomic mass is 32.1. The fourth-order valence-electron chi connectivity index (χ4n) is 1.59. The summed E-state index contributed by atoms with van der Waals surface area (Å²) in [6.45, 7) is 8.32. The van der Waals surface area contributed by atoms with Crippen molar-refractivity contribution >= 4 is 11.3 Å². The standard InChI is InChI=1S/C13H20N4S/c1-13(2,3)12-17-10(9-18-12)8-14-5-4-11-15-6-7-16-11/h6-7,9,14H,4-5,8H2,1-3H3,(H,15,16). The Morgan fingerprint density at radius 2 is 2.22 bits per heavy atom. The summed E-state index contributed by atoms with van der Waals surface area (Å²) in [4.78, 5) is 11.9. The Labute approximate surface area is 112 Å². The molecule has 2 aromatic rings. The van der Waals surface area contributed by atoms with E-state index in [0.717, 1.165) is 31.0 Å². The summed E-state index contributed by atoms with van der Waals surface area (Å²) in [6, 6.07) is 0. The smallest absolute Gasteiger partial charge is 0.107 e. The Morgan fingerprint density at radius 1 is 1.39 bits per heavy atom. The lowest BCUT2D eigenvalue weighted by molar-refractivity contribution is 0.579. The third-order valence-electron chi connectivity index (χ3n) is 2.59. The zero-order chi connectivity index (χ0) is 13.0. The monoisotopic (exact) mass is 264 g/mol. The van der Waals surface area contributed by atoms with Crippen LogP contribution in [0.25, 0.3) is 0 Å². The lowest BCUT2D eigenvalue weighted by Crippen LogP contribution is -2.18. The second-order valence-corrected chi connectivity index (χ2v) is 6.21. The van der Waals surface area contributed by atoms with Crippen LogP contribution in [0.2, 0.25) is 0 Å². The van der Waals surface area contributed by atoms with Gasteiger partial charge < -0.3 is 10.3 Å². The maximum atomic E-state index is 4.65. The van der Waals surface area contributed by atoms with E-state index in [1.54, 1.807) is 17.5 Å². The molecule has 0 aliphatic heterocycles. The molecule has 0 aliphatic carbocycles. The number of hydrogen-bond acceptors (Lipinski definition) is 4. The SMILES string of the molecule is CC(C)(C)c1nc(CNCCc2ncc[nH]2)cs1. The van der Waals surface area contributed by atoms with Crippen molar-refractivity contribution in [1.82, 2.24) is 20.3 Å². The van der Waals surface area contributed by atoms with Gasteiger partial charge in [-0.1, -0.05) is 20.8 Å². The molecule has 2 heterocycles. The first-order valence-corrected chi connectivity index (χ1v) is 7.07.